The molecule has 0 bridgehead atoms. The van der Waals surface area contributed by atoms with E-state index in [1.165, 1.54) is 5.56 Å². The molecule has 4 rings (SSSR count). The molecule has 128 valence electrons. The van der Waals surface area contributed by atoms with Gasteiger partial charge in [0, 0.05) is 16.3 Å². The fraction of sp³-hybridized carbons (Fsp3) is 0.500. The highest BCUT2D eigenvalue weighted by Crippen LogP contribution is 2.56. The van der Waals surface area contributed by atoms with Crippen molar-refractivity contribution in [1.29, 1.82) is 0 Å². The number of ether oxygens (including phenoxy) is 2. The third-order valence-corrected chi connectivity index (χ3v) is 6.58. The van der Waals surface area contributed by atoms with Crippen molar-refractivity contribution in [2.75, 3.05) is 13.2 Å². The van der Waals surface area contributed by atoms with Gasteiger partial charge in [-0.1, -0.05) is 15.9 Å². The average Bonchev–Trinajstić information content (AvgIpc) is 2.71. The van der Waals surface area contributed by atoms with Crippen LogP contribution in [0.5, 0.6) is 11.5 Å². The molecule has 2 aliphatic carbocycles. The van der Waals surface area contributed by atoms with Gasteiger partial charge >= 0.3 is 5.97 Å². The first-order valence-electron chi connectivity index (χ1n) is 8.29. The van der Waals surface area contributed by atoms with Crippen LogP contribution < -0.4 is 15.2 Å². The van der Waals surface area contributed by atoms with E-state index in [1.807, 2.05) is 6.07 Å². The van der Waals surface area contributed by atoms with E-state index in [4.69, 9.17) is 15.2 Å². The lowest BCUT2D eigenvalue weighted by atomic mass is 9.65. The second-order valence-corrected chi connectivity index (χ2v) is 7.83. The fourth-order valence-electron chi connectivity index (χ4n) is 4.01. The lowest BCUT2D eigenvalue weighted by Crippen LogP contribution is -2.53. The summed E-state index contributed by atoms with van der Waals surface area (Å²) in [6.45, 7) is 1.31. The summed E-state index contributed by atoms with van der Waals surface area (Å²) in [5, 5.41) is 9.39. The van der Waals surface area contributed by atoms with Crippen LogP contribution >= 0.6 is 15.9 Å². The Morgan fingerprint density at radius 3 is 2.38 bits per heavy atom. The Kier molecular flexibility index (Phi) is 3.65. The van der Waals surface area contributed by atoms with Crippen molar-refractivity contribution in [3.63, 3.8) is 0 Å². The Bertz CT molecular complexity index is 735. The van der Waals surface area contributed by atoms with Gasteiger partial charge in [0.15, 0.2) is 11.5 Å². The summed E-state index contributed by atoms with van der Waals surface area (Å²) in [6, 6.07) is 4.11. The molecule has 0 amide bonds. The minimum atomic E-state index is -1.12. The van der Waals surface area contributed by atoms with Crippen LogP contribution in [0.4, 0.5) is 0 Å². The summed E-state index contributed by atoms with van der Waals surface area (Å²) in [7, 11) is 0. The summed E-state index contributed by atoms with van der Waals surface area (Å²) in [5.74, 6) is 0.660. The van der Waals surface area contributed by atoms with Gasteiger partial charge in [0.1, 0.15) is 5.54 Å². The molecule has 1 fully saturated rings. The molecule has 0 atom stereocenters. The zero-order valence-corrected chi connectivity index (χ0v) is 14.9. The van der Waals surface area contributed by atoms with Crippen molar-refractivity contribution < 1.29 is 19.4 Å². The molecule has 0 saturated heterocycles. The van der Waals surface area contributed by atoms with E-state index in [0.29, 0.717) is 38.9 Å². The van der Waals surface area contributed by atoms with E-state index in [1.54, 1.807) is 0 Å². The van der Waals surface area contributed by atoms with Gasteiger partial charge in [-0.3, -0.25) is 4.79 Å². The topological polar surface area (TPSA) is 81.8 Å². The van der Waals surface area contributed by atoms with Crippen molar-refractivity contribution in [1.82, 2.24) is 0 Å². The number of allylic oxidation sites excluding steroid dienone is 1. The summed E-state index contributed by atoms with van der Waals surface area (Å²) in [4.78, 5) is 11.4. The number of nitrogens with two attached hydrogens (primary N) is 1. The molecule has 1 saturated carbocycles. The maximum Gasteiger partial charge on any atom is 0.323 e. The first kappa shape index (κ1) is 16.0. The van der Waals surface area contributed by atoms with E-state index in [2.05, 4.69) is 28.1 Å². The summed E-state index contributed by atoms with van der Waals surface area (Å²) in [6.07, 6.45) is 5.32. The highest BCUT2D eigenvalue weighted by Gasteiger charge is 2.49. The molecular weight excluding hydrogens is 374 g/mol. The largest absolute Gasteiger partial charge is 0.490 e. The third kappa shape index (κ3) is 2.27. The predicted octanol–water partition coefficient (Wildman–Crippen LogP) is 3.19. The number of carbonyl (C=O) groups is 1. The van der Waals surface area contributed by atoms with Gasteiger partial charge < -0.3 is 20.3 Å². The average molecular weight is 394 g/mol. The third-order valence-electron chi connectivity index (χ3n) is 5.60. The van der Waals surface area contributed by atoms with E-state index in [0.717, 1.165) is 28.0 Å². The van der Waals surface area contributed by atoms with Crippen LogP contribution in [0.15, 0.2) is 16.6 Å². The zero-order valence-electron chi connectivity index (χ0n) is 13.3. The van der Waals surface area contributed by atoms with E-state index < -0.39 is 11.5 Å². The minimum Gasteiger partial charge on any atom is -0.490 e. The normalized spacial score (nSPS) is 31.3. The van der Waals surface area contributed by atoms with Crippen LogP contribution in [-0.2, 0) is 10.2 Å². The van der Waals surface area contributed by atoms with Gasteiger partial charge in [-0.15, -0.1) is 0 Å². The standard InChI is InChI=1S/C18H20BrNO4/c19-15-9-11-8-13-14(24-7-1-6-23-13)10-12(11)17(15)2-4-18(20,5-3-17)16(21)22/h8-10H,1-7,20H2,(H,21,22). The van der Waals surface area contributed by atoms with E-state index >= 15 is 0 Å². The Morgan fingerprint density at radius 2 is 1.75 bits per heavy atom. The van der Waals surface area contributed by atoms with Crippen LogP contribution in [0.1, 0.15) is 43.2 Å². The van der Waals surface area contributed by atoms with Gasteiger partial charge in [0.2, 0.25) is 0 Å². The maximum atomic E-state index is 11.4. The molecule has 3 aliphatic rings. The molecular formula is C18H20BrNO4. The number of carboxylic acid groups (broad SMARTS) is 1. The number of benzene rings is 1. The number of halogens is 1. The van der Waals surface area contributed by atoms with Crippen LogP contribution in [0.2, 0.25) is 0 Å². The molecule has 24 heavy (non-hydrogen) atoms. The van der Waals surface area contributed by atoms with Crippen LogP contribution in [0, 0.1) is 0 Å². The monoisotopic (exact) mass is 393 g/mol. The first-order chi connectivity index (χ1) is 11.4. The molecule has 1 aromatic carbocycles. The molecule has 1 aliphatic heterocycles. The predicted molar refractivity (Wildman–Crippen MR) is 93.7 cm³/mol. The molecule has 1 aromatic rings. The Labute approximate surface area is 148 Å². The summed E-state index contributed by atoms with van der Waals surface area (Å²) >= 11 is 3.73. The SMILES string of the molecule is NC1(C(=O)O)CCC2(CC1)C(Br)=Cc1cc3c(cc12)OCCCO3. The van der Waals surface area contributed by atoms with Crippen molar-refractivity contribution >= 4 is 28.0 Å². The lowest BCUT2D eigenvalue weighted by molar-refractivity contribution is -0.145. The number of hydrogen-bond donors (Lipinski definition) is 2. The second-order valence-electron chi connectivity index (χ2n) is 6.97. The van der Waals surface area contributed by atoms with Gasteiger partial charge in [-0.25, -0.2) is 0 Å². The van der Waals surface area contributed by atoms with Crippen molar-refractivity contribution in [3.05, 3.63) is 27.7 Å². The Balaban J connectivity index is 1.72. The van der Waals surface area contributed by atoms with Gasteiger partial charge in [-0.05, 0) is 55.0 Å². The Hall–Kier alpha value is -1.53. The number of hydrogen-bond acceptors (Lipinski definition) is 4. The smallest absolute Gasteiger partial charge is 0.323 e. The van der Waals surface area contributed by atoms with Crippen molar-refractivity contribution in [2.45, 2.75) is 43.1 Å². The second kappa shape index (κ2) is 5.49. The molecule has 1 spiro atoms. The van der Waals surface area contributed by atoms with Gasteiger partial charge in [-0.2, -0.15) is 0 Å². The van der Waals surface area contributed by atoms with Gasteiger partial charge in [0.25, 0.3) is 0 Å². The summed E-state index contributed by atoms with van der Waals surface area (Å²) in [5.41, 5.74) is 7.06. The van der Waals surface area contributed by atoms with E-state index in [-0.39, 0.29) is 5.41 Å². The zero-order chi connectivity index (χ0) is 16.9. The van der Waals surface area contributed by atoms with E-state index in [9.17, 15) is 9.90 Å². The number of fused-ring (bicyclic) bond motifs is 3. The molecule has 6 heteroatoms. The quantitative estimate of drug-likeness (QED) is 0.765. The highest BCUT2D eigenvalue weighted by molar-refractivity contribution is 9.11. The van der Waals surface area contributed by atoms with Gasteiger partial charge in [0.05, 0.1) is 13.2 Å². The molecule has 0 radical (unpaired) electrons. The molecule has 0 unspecified atom stereocenters. The molecule has 0 aromatic heterocycles. The van der Waals surface area contributed by atoms with Crippen molar-refractivity contribution in [2.24, 2.45) is 5.73 Å². The maximum absolute atomic E-state index is 11.4. The fourth-order valence-corrected chi connectivity index (χ4v) is 4.86. The number of carboxylic acids is 1. The van der Waals surface area contributed by atoms with Crippen LogP contribution in [0.3, 0.4) is 0 Å². The highest BCUT2D eigenvalue weighted by atomic mass is 79.9. The molecule has 3 N–H and O–H groups in total. The minimum absolute atomic E-state index is 0.196. The van der Waals surface area contributed by atoms with Crippen LogP contribution in [0.25, 0.3) is 6.08 Å². The first-order valence-corrected chi connectivity index (χ1v) is 9.08. The Morgan fingerprint density at radius 1 is 1.12 bits per heavy atom. The molecule has 1 heterocycles. The molecule has 5 nitrogen and oxygen atoms in total. The number of aliphatic carboxylic acids is 1. The lowest BCUT2D eigenvalue weighted by Gasteiger charge is -2.42. The summed E-state index contributed by atoms with van der Waals surface area (Å²) < 4.78 is 12.7. The number of rotatable bonds is 1. The van der Waals surface area contributed by atoms with Crippen LogP contribution in [-0.4, -0.2) is 29.8 Å². The van der Waals surface area contributed by atoms with Crippen molar-refractivity contribution in [3.8, 4) is 11.5 Å².